The molecule has 8 rings (SSSR count). The molecule has 2 aliphatic carbocycles. The number of carboxylic acid groups (broad SMARTS) is 1. The van der Waals surface area contributed by atoms with Gasteiger partial charge in [0.05, 0.1) is 48.1 Å². The summed E-state index contributed by atoms with van der Waals surface area (Å²) < 4.78 is 41.2. The Balaban J connectivity index is 0.986. The highest BCUT2D eigenvalue weighted by Crippen LogP contribution is 2.39. The maximum absolute atomic E-state index is 14.1. The minimum Gasteiger partial charge on any atom is -0.479 e. The number of aliphatic hydroxyl groups excluding tert-OH is 5. The summed E-state index contributed by atoms with van der Waals surface area (Å²) in [6.45, 7) is 3.76. The monoisotopic (exact) mass is 1040 g/mol. The number of rotatable bonds is 21. The average molecular weight is 1040 g/mol. The van der Waals surface area contributed by atoms with Crippen LogP contribution in [0.15, 0.2) is 67.0 Å². The van der Waals surface area contributed by atoms with Crippen LogP contribution in [0.5, 0.6) is 0 Å². The highest BCUT2D eigenvalue weighted by molar-refractivity contribution is 5.89. The van der Waals surface area contributed by atoms with Gasteiger partial charge in [0.25, 0.3) is 5.69 Å². The van der Waals surface area contributed by atoms with Crippen LogP contribution in [-0.2, 0) is 57.6 Å². The van der Waals surface area contributed by atoms with Crippen LogP contribution in [0.3, 0.4) is 0 Å². The van der Waals surface area contributed by atoms with Gasteiger partial charge < -0.3 is 68.9 Å². The molecule has 2 aromatic heterocycles. The highest BCUT2D eigenvalue weighted by Gasteiger charge is 2.54. The van der Waals surface area contributed by atoms with Gasteiger partial charge in [0.2, 0.25) is 5.91 Å². The van der Waals surface area contributed by atoms with Crippen molar-refractivity contribution in [2.75, 3.05) is 6.61 Å². The number of hydrogen-bond donors (Lipinski definition) is 7. The molecule has 23 heteroatoms. The van der Waals surface area contributed by atoms with E-state index in [2.05, 4.69) is 15.6 Å². The summed E-state index contributed by atoms with van der Waals surface area (Å²) in [5.41, 5.74) is 1.54. The van der Waals surface area contributed by atoms with Gasteiger partial charge in [-0.3, -0.25) is 19.6 Å². The lowest BCUT2D eigenvalue weighted by atomic mass is 9.77. The minimum absolute atomic E-state index is 0.0235. The van der Waals surface area contributed by atoms with E-state index in [0.717, 1.165) is 55.8 Å². The molecule has 4 fully saturated rings. The van der Waals surface area contributed by atoms with E-state index in [4.69, 9.17) is 28.4 Å². The fourth-order valence-corrected chi connectivity index (χ4v) is 10.7. The predicted octanol–water partition coefficient (Wildman–Crippen LogP) is 2.99. The number of amides is 1. The molecule has 23 nitrogen and oxygen atoms in total. The van der Waals surface area contributed by atoms with E-state index in [0.29, 0.717) is 18.8 Å². The normalized spacial score (nSPS) is 31.2. The van der Waals surface area contributed by atoms with Crippen LogP contribution >= 0.6 is 0 Å². The number of carboxylic acids is 1. The number of nitrogens with one attached hydrogen (secondary N) is 1. The van der Waals surface area contributed by atoms with E-state index in [9.17, 15) is 55.1 Å². The Kier molecular flexibility index (Phi) is 18.4. The number of benzene rings is 2. The van der Waals surface area contributed by atoms with Gasteiger partial charge in [-0.1, -0.05) is 62.4 Å². The number of aliphatic hydroxyl groups is 5. The number of carbonyl (C=O) groups is 3. The van der Waals surface area contributed by atoms with Gasteiger partial charge >= 0.3 is 11.9 Å². The molecule has 4 heterocycles. The predicted molar refractivity (Wildman–Crippen MR) is 259 cm³/mol. The molecule has 0 spiro atoms. The fraction of sp³-hybridized carbons (Fsp3) is 0.627. The molecule has 2 saturated heterocycles. The summed E-state index contributed by atoms with van der Waals surface area (Å²) in [7, 11) is 0. The van der Waals surface area contributed by atoms with E-state index in [-0.39, 0.29) is 48.9 Å². The third-order valence-corrected chi connectivity index (χ3v) is 14.8. The van der Waals surface area contributed by atoms with Crippen molar-refractivity contribution in [3.8, 4) is 0 Å². The Morgan fingerprint density at radius 2 is 1.64 bits per heavy atom. The molecule has 404 valence electrons. The molecular formula is C51H68N6O17. The van der Waals surface area contributed by atoms with Crippen LogP contribution in [0.1, 0.15) is 94.1 Å². The molecule has 0 bridgehead atoms. The molecule has 4 aliphatic rings. The van der Waals surface area contributed by atoms with E-state index < -0.39 is 115 Å². The molecule has 15 atom stereocenters. The Hall–Kier alpha value is -5.47. The van der Waals surface area contributed by atoms with Crippen LogP contribution < -0.4 is 5.32 Å². The lowest BCUT2D eigenvalue weighted by Gasteiger charge is -2.48. The number of aromatic nitrogens is 4. The topological polar surface area (TPSA) is 319 Å². The number of ether oxygens (including phenoxy) is 6. The van der Waals surface area contributed by atoms with Crippen molar-refractivity contribution < 1.29 is 78.4 Å². The zero-order valence-electron chi connectivity index (χ0n) is 41.4. The number of aryl methyl sites for hydroxylation is 2. The summed E-state index contributed by atoms with van der Waals surface area (Å²) in [6.07, 6.45) is -9.02. The van der Waals surface area contributed by atoms with Gasteiger partial charge in [0.15, 0.2) is 24.8 Å². The summed E-state index contributed by atoms with van der Waals surface area (Å²) in [6, 6.07) is 14.6. The second-order valence-corrected chi connectivity index (χ2v) is 20.1. The molecule has 0 radical (unpaired) electrons. The molecule has 7 N–H and O–H groups in total. The Morgan fingerprint density at radius 3 is 2.36 bits per heavy atom. The Bertz CT molecular complexity index is 2510. The van der Waals surface area contributed by atoms with Gasteiger partial charge in [-0.2, -0.15) is 0 Å². The second-order valence-electron chi connectivity index (χ2n) is 20.1. The van der Waals surface area contributed by atoms with Gasteiger partial charge in [-0.15, -0.1) is 5.10 Å². The number of aliphatic carboxylic acids is 1. The van der Waals surface area contributed by atoms with E-state index in [1.807, 2.05) is 16.8 Å². The maximum atomic E-state index is 14.1. The van der Waals surface area contributed by atoms with Crippen molar-refractivity contribution in [2.45, 2.75) is 177 Å². The van der Waals surface area contributed by atoms with E-state index in [1.165, 1.54) is 25.1 Å². The van der Waals surface area contributed by atoms with Gasteiger partial charge in [-0.25, -0.2) is 9.59 Å². The number of nitrogens with zero attached hydrogens (tertiary/aromatic N) is 5. The van der Waals surface area contributed by atoms with Crippen LogP contribution in [0, 0.1) is 27.9 Å². The van der Waals surface area contributed by atoms with Crippen molar-refractivity contribution in [3.05, 3.63) is 88.4 Å². The first-order valence-electron chi connectivity index (χ1n) is 25.6. The molecule has 6 unspecified atom stereocenters. The van der Waals surface area contributed by atoms with Gasteiger partial charge in [0.1, 0.15) is 42.3 Å². The minimum atomic E-state index is -1.71. The van der Waals surface area contributed by atoms with Crippen LogP contribution in [0.25, 0.3) is 10.9 Å². The number of carbonyl (C=O) groups excluding carboxylic acids is 2. The number of fused-ring (bicyclic) bond motifs is 1. The second kappa shape index (κ2) is 24.9. The molecule has 2 saturated carbocycles. The fourth-order valence-electron chi connectivity index (χ4n) is 10.7. The molecule has 4 aromatic rings. The van der Waals surface area contributed by atoms with Crippen molar-refractivity contribution in [3.63, 3.8) is 0 Å². The SMILES string of the molecule is CC1O[C@@H](OC2[C@H](C)CC(C(=O)NCc3cn(CCCCn4ccc5cc([N+](=O)[O-])ccc54)nn3)C[C@H]2O[C@@H]2O[C@@H](CO)[C@H](O)C(O[C@@H](CC3CCCCC3)C(=O)O)C2OC(=O)c2ccccc2)[C@@H](O)C(O)[C@@H]1O. The number of esters is 1. The number of unbranched alkanes of at least 4 members (excludes halogenated alkanes) is 1. The summed E-state index contributed by atoms with van der Waals surface area (Å²) >= 11 is 0. The summed E-state index contributed by atoms with van der Waals surface area (Å²) in [4.78, 5) is 51.6. The molecule has 2 aromatic carbocycles. The number of nitro groups is 1. The Morgan fingerprint density at radius 1 is 0.878 bits per heavy atom. The average Bonchev–Trinajstić information content (AvgIpc) is 4.04. The zero-order valence-corrected chi connectivity index (χ0v) is 41.4. The number of hydrogen-bond acceptors (Lipinski definition) is 18. The third kappa shape index (κ3) is 13.1. The van der Waals surface area contributed by atoms with E-state index in [1.54, 1.807) is 48.1 Å². The van der Waals surface area contributed by atoms with Gasteiger partial charge in [0, 0.05) is 48.2 Å². The maximum Gasteiger partial charge on any atom is 0.338 e. The Labute approximate surface area is 426 Å². The first kappa shape index (κ1) is 54.8. The van der Waals surface area contributed by atoms with Gasteiger partial charge in [-0.05, 0) is 75.1 Å². The first-order valence-corrected chi connectivity index (χ1v) is 25.6. The lowest BCUT2D eigenvalue weighted by Crippen LogP contribution is -2.64. The number of nitro benzene ring substituents is 1. The van der Waals surface area contributed by atoms with Crippen LogP contribution in [0.2, 0.25) is 0 Å². The smallest absolute Gasteiger partial charge is 0.338 e. The summed E-state index contributed by atoms with van der Waals surface area (Å²) in [5.74, 6) is -3.83. The third-order valence-electron chi connectivity index (χ3n) is 14.8. The van der Waals surface area contributed by atoms with E-state index >= 15 is 0 Å². The lowest BCUT2D eigenvalue weighted by molar-refractivity contribution is -0.384. The quantitative estimate of drug-likeness (QED) is 0.0273. The molecule has 1 amide bonds. The van der Waals surface area contributed by atoms with Crippen molar-refractivity contribution in [1.29, 1.82) is 0 Å². The molecule has 2 aliphatic heterocycles. The first-order chi connectivity index (χ1) is 35.6. The molecular weight excluding hydrogens is 969 g/mol. The standard InChI is InChI=1S/C51H68N6O17/c1-28-21-33(47(63)52-25-34-26-56(54-53-34)19-10-9-18-55-20-17-32-23-35(57(67)68)15-16-36(32)55)24-37(44(28)74-50-43(62)42(61)40(59)29(2)69-50)71-51-46(73-49(66)31-13-7-4-8-14-31)45(41(60)39(27-58)72-51)70-38(48(64)65)22-30-11-5-3-6-12-30/h4,7-8,13-17,20,23,26,28-30,33,37-46,50-51,58-62H,3,5-6,9-12,18-19,21-22,24-25,27H2,1-2H3,(H,52,63)(H,64,65)/t28-,29?,33?,37-,38+,39+,40-,41+,42?,43+,44?,45?,46?,50+,51-/m1/s1. The van der Waals surface area contributed by atoms with Crippen molar-refractivity contribution in [2.24, 2.45) is 17.8 Å². The van der Waals surface area contributed by atoms with Crippen molar-refractivity contribution in [1.82, 2.24) is 24.9 Å². The highest BCUT2D eigenvalue weighted by atomic mass is 16.7. The largest absolute Gasteiger partial charge is 0.479 e. The van der Waals surface area contributed by atoms with Crippen molar-refractivity contribution >= 4 is 34.4 Å². The van der Waals surface area contributed by atoms with Crippen LogP contribution in [0.4, 0.5) is 5.69 Å². The number of non-ortho nitro benzene ring substituents is 1. The summed E-state index contributed by atoms with van der Waals surface area (Å²) in [5, 5.41) is 88.4. The van der Waals surface area contributed by atoms with Crippen LogP contribution in [-0.4, -0.2) is 159 Å². The zero-order chi connectivity index (χ0) is 52.6. The molecule has 74 heavy (non-hydrogen) atoms.